The lowest BCUT2D eigenvalue weighted by Gasteiger charge is -2.22. The first-order valence-corrected chi connectivity index (χ1v) is 9.60. The van der Waals surface area contributed by atoms with Gasteiger partial charge in [0.1, 0.15) is 11.6 Å². The van der Waals surface area contributed by atoms with Crippen LogP contribution in [-0.2, 0) is 13.0 Å². The van der Waals surface area contributed by atoms with Crippen LogP contribution in [0.5, 0.6) is 5.75 Å². The Morgan fingerprint density at radius 1 is 1.17 bits per heavy atom. The highest BCUT2D eigenvalue weighted by molar-refractivity contribution is 5.91. The Bertz CT molecular complexity index is 951. The maximum Gasteiger partial charge on any atom is 0.292 e. The number of ether oxygens (including phenoxy) is 1. The van der Waals surface area contributed by atoms with E-state index in [2.05, 4.69) is 5.16 Å². The monoisotopic (exact) mass is 396 g/mol. The van der Waals surface area contributed by atoms with Crippen LogP contribution >= 0.6 is 0 Å². The molecule has 2 aromatic carbocycles. The van der Waals surface area contributed by atoms with Crippen molar-refractivity contribution >= 4 is 5.91 Å². The van der Waals surface area contributed by atoms with Gasteiger partial charge in [-0.1, -0.05) is 49.3 Å². The fourth-order valence-corrected chi connectivity index (χ4v) is 2.96. The van der Waals surface area contributed by atoms with Crippen molar-refractivity contribution < 1.29 is 18.4 Å². The quantitative estimate of drug-likeness (QED) is 0.547. The molecule has 3 aromatic rings. The zero-order valence-corrected chi connectivity index (χ0v) is 16.9. The molecule has 0 aliphatic rings. The lowest BCUT2D eigenvalue weighted by Crippen LogP contribution is -2.32. The van der Waals surface area contributed by atoms with E-state index in [1.165, 1.54) is 6.07 Å². The molecule has 6 heteroatoms. The second kappa shape index (κ2) is 9.37. The number of hydrogen-bond acceptors (Lipinski definition) is 4. The van der Waals surface area contributed by atoms with Crippen LogP contribution in [0.4, 0.5) is 4.39 Å². The lowest BCUT2D eigenvalue weighted by atomic mass is 10.1. The Morgan fingerprint density at radius 3 is 2.52 bits per heavy atom. The summed E-state index contributed by atoms with van der Waals surface area (Å²) in [5.74, 6) is 0.451. The first-order valence-electron chi connectivity index (χ1n) is 9.60. The summed E-state index contributed by atoms with van der Waals surface area (Å²) in [6.07, 6.45) is 0.620. The lowest BCUT2D eigenvalue weighted by molar-refractivity contribution is 0.0701. The van der Waals surface area contributed by atoms with E-state index in [1.807, 2.05) is 38.1 Å². The van der Waals surface area contributed by atoms with E-state index in [-0.39, 0.29) is 29.9 Å². The number of carbonyl (C=O) groups excluding carboxylic acids is 1. The van der Waals surface area contributed by atoms with E-state index in [0.717, 1.165) is 11.3 Å². The maximum absolute atomic E-state index is 14.2. The summed E-state index contributed by atoms with van der Waals surface area (Å²) in [7, 11) is 1.62. The van der Waals surface area contributed by atoms with Crippen molar-refractivity contribution in [3.05, 3.63) is 83.0 Å². The van der Waals surface area contributed by atoms with E-state index < -0.39 is 0 Å². The molecule has 0 saturated heterocycles. The van der Waals surface area contributed by atoms with Gasteiger partial charge in [0.25, 0.3) is 5.91 Å². The van der Waals surface area contributed by atoms with Crippen molar-refractivity contribution in [2.24, 2.45) is 0 Å². The van der Waals surface area contributed by atoms with E-state index >= 15 is 0 Å². The van der Waals surface area contributed by atoms with Crippen molar-refractivity contribution in [3.8, 4) is 5.75 Å². The average Bonchev–Trinajstić information content (AvgIpc) is 3.23. The van der Waals surface area contributed by atoms with E-state index in [9.17, 15) is 9.18 Å². The summed E-state index contributed by atoms with van der Waals surface area (Å²) in [6, 6.07) is 15.8. The zero-order valence-electron chi connectivity index (χ0n) is 16.9. The number of nitrogens with zero attached hydrogens (tertiary/aromatic N) is 2. The highest BCUT2D eigenvalue weighted by Gasteiger charge is 2.22. The second-order valence-corrected chi connectivity index (χ2v) is 7.19. The Morgan fingerprint density at radius 2 is 1.90 bits per heavy atom. The van der Waals surface area contributed by atoms with Crippen LogP contribution in [0.2, 0.25) is 0 Å². The molecular weight excluding hydrogens is 371 g/mol. The van der Waals surface area contributed by atoms with Crippen LogP contribution in [0.15, 0.2) is 59.1 Å². The Kier molecular flexibility index (Phi) is 6.65. The van der Waals surface area contributed by atoms with Crippen molar-refractivity contribution in [2.75, 3.05) is 13.7 Å². The summed E-state index contributed by atoms with van der Waals surface area (Å²) in [4.78, 5) is 14.7. The van der Waals surface area contributed by atoms with Gasteiger partial charge in [-0.2, -0.15) is 0 Å². The fourth-order valence-electron chi connectivity index (χ4n) is 2.96. The Balaban J connectivity index is 1.79. The molecule has 0 unspecified atom stereocenters. The molecule has 3 rings (SSSR count). The van der Waals surface area contributed by atoms with Crippen LogP contribution < -0.4 is 4.74 Å². The summed E-state index contributed by atoms with van der Waals surface area (Å²) >= 11 is 0. The molecule has 0 spiro atoms. The molecular formula is C23H25FN2O3. The highest BCUT2D eigenvalue weighted by Crippen LogP contribution is 2.19. The van der Waals surface area contributed by atoms with Crippen molar-refractivity contribution in [1.82, 2.24) is 10.1 Å². The van der Waals surface area contributed by atoms with Gasteiger partial charge >= 0.3 is 0 Å². The molecule has 0 radical (unpaired) electrons. The molecule has 1 heterocycles. The third-order valence-electron chi connectivity index (χ3n) is 4.77. The van der Waals surface area contributed by atoms with Crippen molar-refractivity contribution in [2.45, 2.75) is 32.7 Å². The topological polar surface area (TPSA) is 55.6 Å². The molecule has 152 valence electrons. The molecule has 0 bridgehead atoms. The minimum atomic E-state index is -0.338. The highest BCUT2D eigenvalue weighted by atomic mass is 19.1. The smallest absolute Gasteiger partial charge is 0.292 e. The molecule has 0 saturated carbocycles. The number of halogens is 1. The molecule has 1 amide bonds. The van der Waals surface area contributed by atoms with Gasteiger partial charge in [-0.3, -0.25) is 4.79 Å². The number of rotatable bonds is 8. The molecule has 0 aliphatic carbocycles. The normalized spacial score (nSPS) is 10.9. The van der Waals surface area contributed by atoms with Crippen molar-refractivity contribution in [1.29, 1.82) is 0 Å². The Hall–Kier alpha value is -3.15. The molecule has 5 nitrogen and oxygen atoms in total. The van der Waals surface area contributed by atoms with Gasteiger partial charge < -0.3 is 14.2 Å². The van der Waals surface area contributed by atoms with Gasteiger partial charge in [0.15, 0.2) is 0 Å². The maximum atomic E-state index is 14.2. The second-order valence-electron chi connectivity index (χ2n) is 7.19. The van der Waals surface area contributed by atoms with E-state index in [1.54, 1.807) is 36.3 Å². The SMILES string of the molecule is COc1ccc(CCN(Cc2ccccc2F)C(=O)c2cc(C(C)C)no2)cc1. The molecule has 0 fully saturated rings. The Labute approximate surface area is 170 Å². The molecule has 1 aromatic heterocycles. The van der Waals surface area contributed by atoms with Crippen LogP contribution in [0.3, 0.4) is 0 Å². The van der Waals surface area contributed by atoms with Gasteiger partial charge in [0.2, 0.25) is 5.76 Å². The van der Waals surface area contributed by atoms with Crippen LogP contribution in [0.1, 0.15) is 47.1 Å². The zero-order chi connectivity index (χ0) is 20.8. The first kappa shape index (κ1) is 20.6. The minimum Gasteiger partial charge on any atom is -0.497 e. The number of benzene rings is 2. The minimum absolute atomic E-state index is 0.152. The van der Waals surface area contributed by atoms with Gasteiger partial charge in [0, 0.05) is 24.7 Å². The van der Waals surface area contributed by atoms with Gasteiger partial charge in [-0.15, -0.1) is 0 Å². The van der Waals surface area contributed by atoms with Crippen LogP contribution in [0, 0.1) is 5.82 Å². The molecule has 0 N–H and O–H groups in total. The number of carbonyl (C=O) groups is 1. The largest absolute Gasteiger partial charge is 0.497 e. The number of aromatic nitrogens is 1. The van der Waals surface area contributed by atoms with Crippen LogP contribution in [0.25, 0.3) is 0 Å². The average molecular weight is 396 g/mol. The molecule has 0 aliphatic heterocycles. The van der Waals surface area contributed by atoms with E-state index in [4.69, 9.17) is 9.26 Å². The summed E-state index contributed by atoms with van der Waals surface area (Å²) < 4.78 is 24.6. The summed E-state index contributed by atoms with van der Waals surface area (Å²) in [6.45, 7) is 4.52. The van der Waals surface area contributed by atoms with Crippen molar-refractivity contribution in [3.63, 3.8) is 0 Å². The number of hydrogen-bond donors (Lipinski definition) is 0. The van der Waals surface area contributed by atoms with E-state index in [0.29, 0.717) is 24.2 Å². The molecule has 29 heavy (non-hydrogen) atoms. The van der Waals surface area contributed by atoms with Gasteiger partial charge in [-0.05, 0) is 36.1 Å². The third-order valence-corrected chi connectivity index (χ3v) is 4.77. The first-order chi connectivity index (χ1) is 14.0. The summed E-state index contributed by atoms with van der Waals surface area (Å²) in [5.41, 5.74) is 2.23. The molecule has 0 atom stereocenters. The standard InChI is InChI=1S/C23H25FN2O3/c1-16(2)21-14-22(29-25-21)23(27)26(15-18-6-4-5-7-20(18)24)13-12-17-8-10-19(28-3)11-9-17/h4-11,14,16H,12-13,15H2,1-3H3. The van der Waals surface area contributed by atoms with Crippen LogP contribution in [-0.4, -0.2) is 29.6 Å². The summed E-state index contributed by atoms with van der Waals surface area (Å²) in [5, 5.41) is 3.97. The van der Waals surface area contributed by atoms with Gasteiger partial charge in [0.05, 0.1) is 12.8 Å². The number of amides is 1. The predicted molar refractivity (Wildman–Crippen MR) is 108 cm³/mol. The van der Waals surface area contributed by atoms with Gasteiger partial charge in [-0.25, -0.2) is 4.39 Å². The number of methoxy groups -OCH3 is 1. The predicted octanol–water partition coefficient (Wildman–Crippen LogP) is 4.83. The fraction of sp³-hybridized carbons (Fsp3) is 0.304. The third kappa shape index (κ3) is 5.22.